The van der Waals surface area contributed by atoms with E-state index in [1.807, 2.05) is 143 Å². The van der Waals surface area contributed by atoms with Crippen molar-refractivity contribution in [3.63, 3.8) is 0 Å². The van der Waals surface area contributed by atoms with E-state index in [1.165, 1.54) is 27.6 Å². The van der Waals surface area contributed by atoms with Gasteiger partial charge in [0.25, 0.3) is 0 Å². The van der Waals surface area contributed by atoms with Crippen LogP contribution in [0.5, 0.6) is 0 Å². The number of pyridine rings is 1. The van der Waals surface area contributed by atoms with Gasteiger partial charge in [0.2, 0.25) is 0 Å². The molecule has 0 aliphatic heterocycles. The zero-order valence-corrected chi connectivity index (χ0v) is 49.4. The lowest BCUT2D eigenvalue weighted by atomic mass is 9.98. The first-order valence-corrected chi connectivity index (χ1v) is 27.5. The molecule has 9 heteroatoms. The van der Waals surface area contributed by atoms with Crippen LogP contribution in [0.4, 0.5) is 0 Å². The number of para-hydroxylation sites is 2. The molecule has 5 aromatic carbocycles. The zero-order valence-electron chi connectivity index (χ0n) is 49.4. The monoisotopic (exact) mass is 1010 g/mol. The maximum Gasteiger partial charge on any atom is 0.131 e. The summed E-state index contributed by atoms with van der Waals surface area (Å²) in [7, 11) is 0. The Bertz CT molecular complexity index is 2760. The summed E-state index contributed by atoms with van der Waals surface area (Å²) in [5.74, 6) is 3.50. The lowest BCUT2D eigenvalue weighted by molar-refractivity contribution is 0.783. The first-order valence-electron chi connectivity index (χ1n) is 27.5. The van der Waals surface area contributed by atoms with Gasteiger partial charge in [0.1, 0.15) is 24.8 Å². The number of aromatic nitrogens is 9. The van der Waals surface area contributed by atoms with Crippen molar-refractivity contribution in [1.82, 2.24) is 44.9 Å². The third-order valence-electron chi connectivity index (χ3n) is 10.9. The minimum atomic E-state index is 0.393. The molecule has 0 saturated heterocycles. The fraction of sp³-hybridized carbons (Fsp3) is 0.379. The molecule has 10 rings (SSSR count). The van der Waals surface area contributed by atoms with Gasteiger partial charge in [-0.1, -0.05) is 211 Å². The molecular weight excluding hydrogens is 919 g/mol. The van der Waals surface area contributed by atoms with E-state index in [1.54, 1.807) is 19.0 Å². The van der Waals surface area contributed by atoms with Crippen LogP contribution in [0.3, 0.4) is 0 Å². The topological polar surface area (TPSA) is 116 Å². The number of nitrogens with zero attached hydrogens (tertiary/aromatic N) is 9. The summed E-state index contributed by atoms with van der Waals surface area (Å²) < 4.78 is 0. The van der Waals surface area contributed by atoms with Gasteiger partial charge in [-0.2, -0.15) is 0 Å². The third-order valence-corrected chi connectivity index (χ3v) is 10.9. The highest BCUT2D eigenvalue weighted by molar-refractivity contribution is 5.83. The molecule has 0 N–H and O–H groups in total. The number of fused-ring (bicyclic) bond motifs is 5. The van der Waals surface area contributed by atoms with Crippen LogP contribution in [0.2, 0.25) is 0 Å². The molecule has 0 saturated carbocycles. The molecule has 0 bridgehead atoms. The first-order chi connectivity index (χ1) is 36.4. The second-order valence-corrected chi connectivity index (χ2v) is 17.5. The Morgan fingerprint density at radius 1 is 0.320 bits per heavy atom. The molecule has 75 heavy (non-hydrogen) atoms. The summed E-state index contributed by atoms with van der Waals surface area (Å²) in [5, 5.41) is 5.72. The van der Waals surface area contributed by atoms with E-state index >= 15 is 0 Å². The molecule has 0 fully saturated rings. The molecule has 5 aromatic heterocycles. The van der Waals surface area contributed by atoms with Crippen molar-refractivity contribution in [2.24, 2.45) is 0 Å². The van der Waals surface area contributed by atoms with E-state index in [4.69, 9.17) is 0 Å². The lowest BCUT2D eigenvalue weighted by Crippen LogP contribution is -1.96. The van der Waals surface area contributed by atoms with Crippen LogP contribution in [-0.2, 0) is 0 Å². The molecule has 0 aliphatic carbocycles. The quantitative estimate of drug-likeness (QED) is 0.166. The molecule has 5 heterocycles. The van der Waals surface area contributed by atoms with Crippen LogP contribution in [0.1, 0.15) is 196 Å². The summed E-state index contributed by atoms with van der Waals surface area (Å²) in [6, 6.07) is 37.4. The minimum absolute atomic E-state index is 0.393. The predicted molar refractivity (Wildman–Crippen MR) is 327 cm³/mol. The Morgan fingerprint density at radius 2 is 0.827 bits per heavy atom. The highest BCUT2D eigenvalue weighted by atomic mass is 14.9. The van der Waals surface area contributed by atoms with Crippen LogP contribution in [0, 0.1) is 0 Å². The average molecular weight is 1010 g/mol. The zero-order chi connectivity index (χ0) is 56.3. The van der Waals surface area contributed by atoms with Crippen molar-refractivity contribution in [2.75, 3.05) is 0 Å². The second-order valence-electron chi connectivity index (χ2n) is 17.5. The smallest absolute Gasteiger partial charge is 0.131 e. The van der Waals surface area contributed by atoms with Gasteiger partial charge < -0.3 is 0 Å². The fourth-order valence-electron chi connectivity index (χ4n) is 7.11. The van der Waals surface area contributed by atoms with Crippen LogP contribution in [0.15, 0.2) is 159 Å². The Labute approximate surface area is 452 Å². The van der Waals surface area contributed by atoms with E-state index in [9.17, 15) is 0 Å². The van der Waals surface area contributed by atoms with E-state index in [0.29, 0.717) is 29.6 Å². The molecule has 10 aromatic rings. The summed E-state index contributed by atoms with van der Waals surface area (Å²) >= 11 is 0. The summed E-state index contributed by atoms with van der Waals surface area (Å²) in [4.78, 5) is 37.7. The summed E-state index contributed by atoms with van der Waals surface area (Å²) in [6.45, 7) is 41.7. The van der Waals surface area contributed by atoms with Crippen molar-refractivity contribution < 1.29 is 0 Å². The molecule has 400 valence electrons. The third kappa shape index (κ3) is 21.3. The van der Waals surface area contributed by atoms with Gasteiger partial charge in [0.05, 0.1) is 27.6 Å². The van der Waals surface area contributed by atoms with Gasteiger partial charge in [0.15, 0.2) is 0 Å². The number of benzene rings is 5. The lowest BCUT2D eigenvalue weighted by Gasteiger charge is -2.08. The Kier molecular flexibility index (Phi) is 33.0. The van der Waals surface area contributed by atoms with Crippen LogP contribution >= 0.6 is 0 Å². The largest absolute Gasteiger partial charge is 0.256 e. The van der Waals surface area contributed by atoms with Crippen molar-refractivity contribution in [3.8, 4) is 0 Å². The van der Waals surface area contributed by atoms with Gasteiger partial charge in [-0.3, -0.25) is 4.98 Å². The van der Waals surface area contributed by atoms with Gasteiger partial charge in [0, 0.05) is 63.8 Å². The Balaban J connectivity index is 0.000000449. The van der Waals surface area contributed by atoms with E-state index in [2.05, 4.69) is 181 Å². The normalized spacial score (nSPS) is 9.93. The average Bonchev–Trinajstić information content (AvgIpc) is 3.47. The van der Waals surface area contributed by atoms with Crippen molar-refractivity contribution >= 4 is 54.5 Å². The first kappa shape index (κ1) is 65.9. The number of hydrogen-bond acceptors (Lipinski definition) is 9. The van der Waals surface area contributed by atoms with Gasteiger partial charge in [-0.25, -0.2) is 39.9 Å². The van der Waals surface area contributed by atoms with Crippen LogP contribution in [-0.4, -0.2) is 44.9 Å². The Morgan fingerprint density at radius 3 is 1.45 bits per heavy atom. The molecule has 0 spiro atoms. The van der Waals surface area contributed by atoms with E-state index in [0.717, 1.165) is 55.0 Å². The maximum absolute atomic E-state index is 4.46. The standard InChI is InChI=1S/C12H13N.4C11H12N2.5C2H6/c1-9(2)10-5-3-7-12-11(10)6-4-8-13-12;1-8(2)9-3-4-11-10(5-9)6-12-7-13-11;1-8(2)9-3-4-10-6-12-7-13-11(10)5-9;1-8(2)10-5-3-4-9-6-12-7-13-11(9)10;1-8(2)11-12-7-9-5-3-4-6-10(9)13-11;5*1-2/h3-9H,1-2H3;4*3-8H,1-2H3;5*1-2H3. The second kappa shape index (κ2) is 37.6. The van der Waals surface area contributed by atoms with Gasteiger partial charge in [-0.05, 0) is 82.3 Å². The van der Waals surface area contributed by atoms with Crippen molar-refractivity contribution in [1.29, 1.82) is 0 Å². The molecule has 0 unspecified atom stereocenters. The summed E-state index contributed by atoms with van der Waals surface area (Å²) in [6.07, 6.45) is 14.1. The molecule has 9 nitrogen and oxygen atoms in total. The highest BCUT2D eigenvalue weighted by Crippen LogP contribution is 2.25. The number of hydrogen-bond donors (Lipinski definition) is 0. The van der Waals surface area contributed by atoms with Crippen LogP contribution in [0.25, 0.3) is 54.5 Å². The van der Waals surface area contributed by atoms with E-state index < -0.39 is 0 Å². The predicted octanol–water partition coefficient (Wildman–Crippen LogP) is 19.5. The van der Waals surface area contributed by atoms with Crippen LogP contribution < -0.4 is 0 Å². The SMILES string of the molecule is CC.CC.CC.CC.CC.CC(C)c1ccc2cncnc2c1.CC(C)c1ccc2ncncc2c1.CC(C)c1cccc2cncnc12.CC(C)c1cccc2ncccc12.CC(C)c1ncc2ccccc2n1. The maximum atomic E-state index is 4.46. The molecule has 0 radical (unpaired) electrons. The van der Waals surface area contributed by atoms with Gasteiger partial charge in [-0.15, -0.1) is 0 Å². The highest BCUT2D eigenvalue weighted by Gasteiger charge is 2.07. The molecular formula is C66H91N9. The van der Waals surface area contributed by atoms with E-state index in [-0.39, 0.29) is 0 Å². The molecule has 0 atom stereocenters. The van der Waals surface area contributed by atoms with Gasteiger partial charge >= 0.3 is 0 Å². The Hall–Kier alpha value is -7.13. The summed E-state index contributed by atoms with van der Waals surface area (Å²) in [5.41, 5.74) is 10.6. The molecule has 0 aliphatic rings. The minimum Gasteiger partial charge on any atom is -0.256 e. The van der Waals surface area contributed by atoms with Crippen molar-refractivity contribution in [3.05, 3.63) is 187 Å². The molecule has 0 amide bonds. The van der Waals surface area contributed by atoms with Crippen molar-refractivity contribution in [2.45, 2.75) is 168 Å². The number of rotatable bonds is 5. The fourth-order valence-corrected chi connectivity index (χ4v) is 7.11.